The average Bonchev–Trinajstić information content (AvgIpc) is 1.63. The summed E-state index contributed by atoms with van der Waals surface area (Å²) in [5.41, 5.74) is 10.5. The zero-order valence-electron chi connectivity index (χ0n) is 56.7. The molecule has 16 amide bonds. The van der Waals surface area contributed by atoms with Crippen molar-refractivity contribution in [2.45, 2.75) is 159 Å². The van der Waals surface area contributed by atoms with E-state index in [0.717, 1.165) is 18.7 Å². The first kappa shape index (κ1) is 85.1. The standard InChI is InChI=1S/C60H91N19O23/c1-26(2)45-58(101)78-46(31(7)83)57(100)66-22-42(86)71-34(10-8-16-63-60(61)62)51(94)64-21-43(87)72-36(19-44(88)89)54(97)76-39(25-82)59(102)79-17-9-11-40(79)56(99)70-28(4)47(90)68-29(5)49(92)74-38(24-81)55(98)75-37(23-80)52(95)65-20-41(85)67-27(3)48(91)73-35(18-32-12-14-33(84)15-13-32)53(96)69-30(6)50(93)77-45/h12-15,26,28-31,34-40,45-46,80-84H,3,8-11,16-25H2,1-2,4-7H3,(H,64,94)(H,65,95)(H,66,100)(H,67,85)(H,68,90)(H,69,96)(H,70,99)(H,71,86)(H,72,87)(H,73,91)(H,74,92)(H,75,98)(H,76,97)(H,77,93)(H,78,101)(H,88,89)(H4,61,62,63)/t28-,29-,30-,31+,34-,35-,36-,37-,38-,39-,40-,45-,46-/m0/s1. The molecule has 2 aliphatic heterocycles. The van der Waals surface area contributed by atoms with Crippen molar-refractivity contribution < 1.29 is 112 Å². The van der Waals surface area contributed by atoms with Gasteiger partial charge in [-0.2, -0.15) is 0 Å². The third-order valence-electron chi connectivity index (χ3n) is 15.3. The van der Waals surface area contributed by atoms with Crippen LogP contribution < -0.4 is 91.2 Å². The number of nitrogens with one attached hydrogen (secondary N) is 15. The molecule has 2 aliphatic rings. The molecule has 102 heavy (non-hydrogen) atoms. The van der Waals surface area contributed by atoms with Gasteiger partial charge in [0.2, 0.25) is 88.6 Å². The van der Waals surface area contributed by atoms with Crippen LogP contribution in [0.5, 0.6) is 5.75 Å². The molecule has 0 bridgehead atoms. The molecule has 564 valence electrons. The number of carbonyl (C=O) groups is 17. The van der Waals surface area contributed by atoms with Crippen LogP contribution in [0.2, 0.25) is 0 Å². The van der Waals surface area contributed by atoms with Crippen molar-refractivity contribution >= 4 is 106 Å². The highest BCUT2D eigenvalue weighted by atomic mass is 16.4. The normalized spacial score (nSPS) is 26.4. The van der Waals surface area contributed by atoms with Gasteiger partial charge in [-0.05, 0) is 77.0 Å². The van der Waals surface area contributed by atoms with Crippen LogP contribution in [0.25, 0.3) is 0 Å². The maximum Gasteiger partial charge on any atom is 0.305 e. The molecule has 1 aromatic carbocycles. The molecule has 0 saturated carbocycles. The van der Waals surface area contributed by atoms with Gasteiger partial charge in [-0.15, -0.1) is 0 Å². The number of phenols is 1. The number of benzene rings is 1. The number of fused-ring (bicyclic) bond motifs is 1. The molecule has 0 spiro atoms. The van der Waals surface area contributed by atoms with E-state index < -0.39 is 237 Å². The Morgan fingerprint density at radius 1 is 0.549 bits per heavy atom. The third-order valence-corrected chi connectivity index (χ3v) is 15.3. The van der Waals surface area contributed by atoms with Crippen molar-refractivity contribution in [3.05, 3.63) is 42.1 Å². The van der Waals surface area contributed by atoms with Gasteiger partial charge in [0.1, 0.15) is 78.3 Å². The topological polar surface area (TPSA) is 660 Å². The summed E-state index contributed by atoms with van der Waals surface area (Å²) in [4.78, 5) is 232. The minimum atomic E-state index is -1.99. The second kappa shape index (κ2) is 41.4. The van der Waals surface area contributed by atoms with Gasteiger partial charge in [-0.3, -0.25) is 86.5 Å². The maximum atomic E-state index is 13.9. The maximum absolute atomic E-state index is 13.9. The number of carbonyl (C=O) groups excluding carboxylic acids is 16. The summed E-state index contributed by atoms with van der Waals surface area (Å²) >= 11 is 0. The molecule has 0 unspecified atom stereocenters. The molecule has 0 aromatic heterocycles. The quantitative estimate of drug-likeness (QED) is 0.0377. The zero-order valence-corrected chi connectivity index (χ0v) is 56.7. The van der Waals surface area contributed by atoms with Crippen molar-refractivity contribution in [3.63, 3.8) is 0 Å². The SMILES string of the molecule is C=C1NC(=O)CNC(=O)[C@H](CO)NC(=O)[C@H](CO)NC(=O)[C@H](C)NC(=O)[C@H](C)NC(=O)[C@@H]2CCCN2C(=O)[C@H](CO)NC(=O)[C@H](CC(=O)O)NC(=O)CNC(=O)[C@H](CCCN=C(N)N)NC(=O)CNC(=O)[C@H]([C@@H](C)O)NC(=O)[C@H](C(C)C)NC(=O)[C@H](C)NC(=O)[C@H](Cc2ccc(O)cc2)NC1=O. The predicted octanol–water partition coefficient (Wildman–Crippen LogP) is -12.1. The molecule has 3 rings (SSSR count). The number of rotatable bonds is 13. The number of aromatic hydroxyl groups is 1. The summed E-state index contributed by atoms with van der Waals surface area (Å²) in [6, 6.07) is -14.5. The molecule has 2 fully saturated rings. The van der Waals surface area contributed by atoms with E-state index in [1.165, 1.54) is 52.0 Å². The minimum Gasteiger partial charge on any atom is -0.508 e. The number of amides is 16. The number of carboxylic acid groups (broad SMARTS) is 1. The van der Waals surface area contributed by atoms with Gasteiger partial charge in [0.05, 0.1) is 57.7 Å². The summed E-state index contributed by atoms with van der Waals surface area (Å²) in [6.45, 7) is 4.61. The molecular formula is C60H91N19O23. The number of hydrogen-bond acceptors (Lipinski definition) is 23. The molecule has 2 saturated heterocycles. The fourth-order valence-corrected chi connectivity index (χ4v) is 9.64. The van der Waals surface area contributed by atoms with Gasteiger partial charge in [-0.25, -0.2) is 0 Å². The number of hydrogen-bond donors (Lipinski definition) is 23. The number of aliphatic imine (C=N–C) groups is 1. The van der Waals surface area contributed by atoms with Crippen molar-refractivity contribution in [1.82, 2.24) is 84.7 Å². The van der Waals surface area contributed by atoms with Crippen molar-refractivity contribution in [2.75, 3.05) is 52.5 Å². The Labute approximate surface area is 583 Å². The molecule has 42 heteroatoms. The second-order valence-electron chi connectivity index (χ2n) is 23.9. The number of carboxylic acids is 1. The Balaban J connectivity index is 1.97. The molecular weight excluding hydrogens is 1350 g/mol. The fraction of sp³-hybridized carbons (Fsp3) is 0.567. The summed E-state index contributed by atoms with van der Waals surface area (Å²) in [7, 11) is 0. The summed E-state index contributed by atoms with van der Waals surface area (Å²) < 4.78 is 0. The van der Waals surface area contributed by atoms with E-state index >= 15 is 0 Å². The molecule has 25 N–H and O–H groups in total. The van der Waals surface area contributed by atoms with E-state index in [4.69, 9.17) is 11.5 Å². The first-order chi connectivity index (χ1) is 47.9. The zero-order chi connectivity index (χ0) is 76.8. The first-order valence-electron chi connectivity index (χ1n) is 31.9. The van der Waals surface area contributed by atoms with Gasteiger partial charge in [0.25, 0.3) is 5.91 Å². The van der Waals surface area contributed by atoms with Crippen LogP contribution in [0.15, 0.2) is 41.5 Å². The lowest BCUT2D eigenvalue weighted by molar-refractivity contribution is -0.144. The van der Waals surface area contributed by atoms with Crippen LogP contribution in [0, 0.1) is 5.92 Å². The van der Waals surface area contributed by atoms with Crippen molar-refractivity contribution in [1.29, 1.82) is 0 Å². The number of aliphatic hydroxyl groups excluding tert-OH is 4. The van der Waals surface area contributed by atoms with Crippen LogP contribution in [0.4, 0.5) is 0 Å². The van der Waals surface area contributed by atoms with Crippen LogP contribution in [0.1, 0.15) is 79.2 Å². The minimum absolute atomic E-state index is 0.00417. The smallest absolute Gasteiger partial charge is 0.305 e. The van der Waals surface area contributed by atoms with E-state index in [1.54, 1.807) is 0 Å². The number of aliphatic hydroxyl groups is 4. The van der Waals surface area contributed by atoms with Crippen molar-refractivity contribution in [3.8, 4) is 5.75 Å². The van der Waals surface area contributed by atoms with Gasteiger partial charge in [0.15, 0.2) is 5.96 Å². The highest BCUT2D eigenvalue weighted by molar-refractivity contribution is 6.03. The van der Waals surface area contributed by atoms with Gasteiger partial charge >= 0.3 is 5.97 Å². The van der Waals surface area contributed by atoms with E-state index in [2.05, 4.69) is 91.3 Å². The van der Waals surface area contributed by atoms with Crippen LogP contribution in [-0.2, 0) is 87.9 Å². The predicted molar refractivity (Wildman–Crippen MR) is 351 cm³/mol. The van der Waals surface area contributed by atoms with Gasteiger partial charge < -0.3 is 127 Å². The monoisotopic (exact) mass is 1450 g/mol. The Hall–Kier alpha value is -11.1. The van der Waals surface area contributed by atoms with Crippen LogP contribution in [-0.4, -0.2) is 273 Å². The summed E-state index contributed by atoms with van der Waals surface area (Å²) in [5.74, 6) is -20.7. The second-order valence-corrected chi connectivity index (χ2v) is 23.9. The van der Waals surface area contributed by atoms with Crippen LogP contribution in [0.3, 0.4) is 0 Å². The van der Waals surface area contributed by atoms with E-state index in [-0.39, 0.29) is 56.9 Å². The highest BCUT2D eigenvalue weighted by Crippen LogP contribution is 2.20. The number of aliphatic carboxylic acids is 1. The lowest BCUT2D eigenvalue weighted by Crippen LogP contribution is -2.61. The number of guanidine groups is 1. The van der Waals surface area contributed by atoms with Crippen molar-refractivity contribution in [2.24, 2.45) is 22.4 Å². The Morgan fingerprint density at radius 2 is 1.01 bits per heavy atom. The number of nitrogens with zero attached hydrogens (tertiary/aromatic N) is 2. The lowest BCUT2D eigenvalue weighted by Gasteiger charge is -2.29. The molecule has 42 nitrogen and oxygen atoms in total. The Bertz CT molecular complexity index is 3290. The fourth-order valence-electron chi connectivity index (χ4n) is 9.64. The summed E-state index contributed by atoms with van der Waals surface area (Å²) in [6.07, 6.45) is -3.22. The lowest BCUT2D eigenvalue weighted by atomic mass is 10.0. The molecule has 13 atom stereocenters. The van der Waals surface area contributed by atoms with Gasteiger partial charge in [0, 0.05) is 19.5 Å². The molecule has 0 radical (unpaired) electrons. The third kappa shape index (κ3) is 27.9. The molecule has 2 heterocycles. The van der Waals surface area contributed by atoms with E-state index in [1.807, 2.05) is 0 Å². The summed E-state index contributed by atoms with van der Waals surface area (Å²) in [5, 5.41) is 94.1. The van der Waals surface area contributed by atoms with Gasteiger partial charge in [-0.1, -0.05) is 32.6 Å². The number of phenolic OH excluding ortho intramolecular Hbond substituents is 1. The number of nitrogens with two attached hydrogens (primary N) is 2. The molecule has 1 aromatic rings. The van der Waals surface area contributed by atoms with Crippen LogP contribution >= 0.6 is 0 Å². The Kier molecular flexibility index (Phi) is 34.6. The van der Waals surface area contributed by atoms with E-state index in [9.17, 15) is 112 Å². The Morgan fingerprint density at radius 3 is 1.56 bits per heavy atom. The van der Waals surface area contributed by atoms with E-state index in [0.29, 0.717) is 5.56 Å². The highest BCUT2D eigenvalue weighted by Gasteiger charge is 2.41. The largest absolute Gasteiger partial charge is 0.508 e. The first-order valence-corrected chi connectivity index (χ1v) is 31.9. The molecule has 0 aliphatic carbocycles. The average molecular weight is 1450 g/mol.